The van der Waals surface area contributed by atoms with Gasteiger partial charge in [0, 0.05) is 18.2 Å². The number of nitrogens with one attached hydrogen (secondary N) is 1. The first kappa shape index (κ1) is 12.9. The van der Waals surface area contributed by atoms with E-state index in [4.69, 9.17) is 0 Å². The molecule has 7 nitrogen and oxygen atoms in total. The molecule has 0 amide bonds. The Morgan fingerprint density at radius 1 is 1.18 bits per heavy atom. The molecule has 3 aromatic rings. The highest BCUT2D eigenvalue weighted by atomic mass is 16.3. The summed E-state index contributed by atoms with van der Waals surface area (Å²) in [5.74, 6) is 0.362. The second-order valence-corrected chi connectivity index (χ2v) is 5.42. The van der Waals surface area contributed by atoms with E-state index in [0.29, 0.717) is 29.5 Å². The number of rotatable bonds is 4. The van der Waals surface area contributed by atoms with Crippen molar-refractivity contribution in [3.8, 4) is 11.5 Å². The van der Waals surface area contributed by atoms with Crippen LogP contribution in [-0.2, 0) is 6.54 Å². The summed E-state index contributed by atoms with van der Waals surface area (Å²) in [7, 11) is 0. The number of aromatic nitrogens is 4. The maximum absolute atomic E-state index is 9.83. The largest absolute Gasteiger partial charge is 0.504 e. The molecule has 0 radical (unpaired) electrons. The van der Waals surface area contributed by atoms with Crippen LogP contribution in [-0.4, -0.2) is 29.7 Å². The summed E-state index contributed by atoms with van der Waals surface area (Å²) < 4.78 is 2.08. The number of imidazole rings is 1. The highest BCUT2D eigenvalue weighted by molar-refractivity contribution is 5.82. The molecule has 22 heavy (non-hydrogen) atoms. The molecule has 0 saturated heterocycles. The fourth-order valence-corrected chi connectivity index (χ4v) is 2.50. The van der Waals surface area contributed by atoms with E-state index in [-0.39, 0.29) is 11.5 Å². The molecule has 7 heteroatoms. The van der Waals surface area contributed by atoms with Crippen molar-refractivity contribution in [3.63, 3.8) is 0 Å². The van der Waals surface area contributed by atoms with Gasteiger partial charge in [-0.2, -0.15) is 0 Å². The fourth-order valence-electron chi connectivity index (χ4n) is 2.50. The van der Waals surface area contributed by atoms with Gasteiger partial charge in [-0.05, 0) is 18.9 Å². The lowest BCUT2D eigenvalue weighted by Gasteiger charge is -2.08. The number of nitrogens with zero attached hydrogens (tertiary/aromatic N) is 4. The molecule has 1 fully saturated rings. The Balaban J connectivity index is 1.63. The second kappa shape index (κ2) is 4.87. The number of anilines is 1. The zero-order valence-corrected chi connectivity index (χ0v) is 11.8. The minimum Gasteiger partial charge on any atom is -0.504 e. The van der Waals surface area contributed by atoms with Crippen LogP contribution in [0.1, 0.15) is 24.4 Å². The lowest BCUT2D eigenvalue weighted by molar-refractivity contribution is 0.400. The Bertz CT molecular complexity index is 841. The van der Waals surface area contributed by atoms with Crippen molar-refractivity contribution < 1.29 is 10.2 Å². The lowest BCUT2D eigenvalue weighted by Crippen LogP contribution is -2.03. The minimum atomic E-state index is -0.134. The highest BCUT2D eigenvalue weighted by Gasteiger charge is 2.26. The van der Waals surface area contributed by atoms with Crippen LogP contribution in [0.25, 0.3) is 11.2 Å². The number of aromatic hydroxyl groups is 2. The molecule has 2 aromatic heterocycles. The van der Waals surface area contributed by atoms with Gasteiger partial charge in [-0.25, -0.2) is 15.0 Å². The third-order valence-corrected chi connectivity index (χ3v) is 3.84. The predicted molar refractivity (Wildman–Crippen MR) is 80.7 cm³/mol. The topological polar surface area (TPSA) is 96.1 Å². The molecular weight excluding hydrogens is 282 g/mol. The number of hydrogen-bond donors (Lipinski definition) is 3. The molecule has 0 atom stereocenters. The Kier molecular flexibility index (Phi) is 2.85. The molecule has 4 rings (SSSR count). The van der Waals surface area contributed by atoms with E-state index >= 15 is 0 Å². The molecule has 1 aliphatic rings. The van der Waals surface area contributed by atoms with Gasteiger partial charge in [0.2, 0.25) is 0 Å². The third kappa shape index (κ3) is 2.11. The number of benzene rings is 1. The molecule has 2 heterocycles. The van der Waals surface area contributed by atoms with E-state index in [1.807, 2.05) is 0 Å². The smallest absolute Gasteiger partial charge is 0.165 e. The van der Waals surface area contributed by atoms with Crippen LogP contribution in [0.2, 0.25) is 0 Å². The van der Waals surface area contributed by atoms with E-state index < -0.39 is 0 Å². The van der Waals surface area contributed by atoms with Crippen molar-refractivity contribution in [2.75, 3.05) is 5.32 Å². The third-order valence-electron chi connectivity index (χ3n) is 3.84. The summed E-state index contributed by atoms with van der Waals surface area (Å²) in [5.41, 5.74) is 2.13. The van der Waals surface area contributed by atoms with Crippen LogP contribution in [0.3, 0.4) is 0 Å². The second-order valence-electron chi connectivity index (χ2n) is 5.42. The summed E-state index contributed by atoms with van der Waals surface area (Å²) in [6.07, 6.45) is 5.63. The molecule has 0 aliphatic heterocycles. The number of para-hydroxylation sites is 1. The number of hydrogen-bond acceptors (Lipinski definition) is 6. The number of phenolic OH excluding ortho intramolecular Hbond substituents is 2. The summed E-state index contributed by atoms with van der Waals surface area (Å²) >= 11 is 0. The fraction of sp³-hybridized carbons (Fsp3) is 0.267. The summed E-state index contributed by atoms with van der Waals surface area (Å²) in [4.78, 5) is 12.9. The van der Waals surface area contributed by atoms with E-state index in [1.165, 1.54) is 12.4 Å². The summed E-state index contributed by atoms with van der Waals surface area (Å²) in [6, 6.07) is 5.37. The van der Waals surface area contributed by atoms with Crippen molar-refractivity contribution in [2.45, 2.75) is 25.4 Å². The monoisotopic (exact) mass is 297 g/mol. The van der Waals surface area contributed by atoms with E-state index in [9.17, 15) is 10.2 Å². The molecular formula is C15H15N5O2. The van der Waals surface area contributed by atoms with Crippen LogP contribution in [0, 0.1) is 0 Å². The molecule has 0 bridgehead atoms. The van der Waals surface area contributed by atoms with Crippen LogP contribution in [0.4, 0.5) is 5.82 Å². The zero-order valence-electron chi connectivity index (χ0n) is 11.8. The standard InChI is InChI=1S/C15H15N5O2/c21-11-3-1-2-9(13(11)22)6-16-14-12-15(18-7-17-14)20(8-19-12)10-4-5-10/h1-3,7-8,10,21-22H,4-6H2,(H,16,17,18). The van der Waals surface area contributed by atoms with E-state index in [1.54, 1.807) is 18.5 Å². The highest BCUT2D eigenvalue weighted by Crippen LogP contribution is 2.37. The first-order chi connectivity index (χ1) is 10.7. The van der Waals surface area contributed by atoms with Gasteiger partial charge in [-0.3, -0.25) is 0 Å². The quantitative estimate of drug-likeness (QED) is 0.639. The minimum absolute atomic E-state index is 0.121. The average molecular weight is 297 g/mol. The maximum atomic E-state index is 9.83. The lowest BCUT2D eigenvalue weighted by atomic mass is 10.2. The number of fused-ring (bicyclic) bond motifs is 1. The Morgan fingerprint density at radius 2 is 2.05 bits per heavy atom. The van der Waals surface area contributed by atoms with Gasteiger partial charge < -0.3 is 20.1 Å². The van der Waals surface area contributed by atoms with Gasteiger partial charge in [0.1, 0.15) is 11.8 Å². The van der Waals surface area contributed by atoms with Crippen molar-refractivity contribution in [1.82, 2.24) is 19.5 Å². The Hall–Kier alpha value is -2.83. The normalized spacial score (nSPS) is 14.4. The summed E-state index contributed by atoms with van der Waals surface area (Å²) in [5, 5.41) is 22.5. The van der Waals surface area contributed by atoms with Crippen LogP contribution >= 0.6 is 0 Å². The zero-order chi connectivity index (χ0) is 15.1. The van der Waals surface area contributed by atoms with Crippen molar-refractivity contribution in [3.05, 3.63) is 36.4 Å². The van der Waals surface area contributed by atoms with Gasteiger partial charge in [-0.15, -0.1) is 0 Å². The first-order valence-electron chi connectivity index (χ1n) is 7.15. The van der Waals surface area contributed by atoms with Gasteiger partial charge in [0.15, 0.2) is 23.0 Å². The van der Waals surface area contributed by atoms with Crippen LogP contribution in [0.15, 0.2) is 30.9 Å². The van der Waals surface area contributed by atoms with Crippen molar-refractivity contribution >= 4 is 17.0 Å². The molecule has 0 unspecified atom stereocenters. The van der Waals surface area contributed by atoms with Crippen molar-refractivity contribution in [2.24, 2.45) is 0 Å². The molecule has 1 aliphatic carbocycles. The van der Waals surface area contributed by atoms with E-state index in [2.05, 4.69) is 24.8 Å². The van der Waals surface area contributed by atoms with Crippen LogP contribution in [0.5, 0.6) is 11.5 Å². The van der Waals surface area contributed by atoms with Gasteiger partial charge in [0.05, 0.1) is 6.33 Å². The Morgan fingerprint density at radius 3 is 2.86 bits per heavy atom. The average Bonchev–Trinajstić information content (AvgIpc) is 3.28. The molecule has 3 N–H and O–H groups in total. The SMILES string of the molecule is Oc1cccc(CNc2ncnc3c2ncn3C2CC2)c1O. The van der Waals surface area contributed by atoms with Gasteiger partial charge >= 0.3 is 0 Å². The van der Waals surface area contributed by atoms with Crippen molar-refractivity contribution in [1.29, 1.82) is 0 Å². The van der Waals surface area contributed by atoms with E-state index in [0.717, 1.165) is 18.5 Å². The predicted octanol–water partition coefficient (Wildman–Crippen LogP) is 2.18. The summed E-state index contributed by atoms with van der Waals surface area (Å²) in [6.45, 7) is 0.336. The molecule has 1 aromatic carbocycles. The Labute approximate surface area is 126 Å². The van der Waals surface area contributed by atoms with Crippen LogP contribution < -0.4 is 5.32 Å². The van der Waals surface area contributed by atoms with Gasteiger partial charge in [0.25, 0.3) is 0 Å². The maximum Gasteiger partial charge on any atom is 0.165 e. The number of phenols is 2. The molecule has 112 valence electrons. The molecule has 0 spiro atoms. The first-order valence-corrected chi connectivity index (χ1v) is 7.15. The van der Waals surface area contributed by atoms with Gasteiger partial charge in [-0.1, -0.05) is 12.1 Å². The molecule has 1 saturated carbocycles.